The summed E-state index contributed by atoms with van der Waals surface area (Å²) in [6, 6.07) is 13.5. The van der Waals surface area contributed by atoms with Crippen LogP contribution in [0.1, 0.15) is 0 Å². The van der Waals surface area contributed by atoms with E-state index in [-0.39, 0.29) is 5.75 Å². The molecule has 4 nitrogen and oxygen atoms in total. The highest BCUT2D eigenvalue weighted by molar-refractivity contribution is 8.00. The molecule has 8 heteroatoms. The molecule has 0 aromatic heterocycles. The van der Waals surface area contributed by atoms with Crippen molar-refractivity contribution >= 4 is 34.4 Å². The van der Waals surface area contributed by atoms with Crippen LogP contribution in [0.4, 0.5) is 13.2 Å². The quantitative estimate of drug-likeness (QED) is 0.637. The molecule has 2 aromatic rings. The fraction of sp³-hybridized carbons (Fsp3) is 0.250. The molecule has 1 N–H and O–H groups in total. The van der Waals surface area contributed by atoms with Gasteiger partial charge in [0.05, 0.1) is 5.75 Å². The van der Waals surface area contributed by atoms with Gasteiger partial charge in [0.25, 0.3) is 5.91 Å². The molecule has 0 heterocycles. The Kier molecular flexibility index (Phi) is 6.08. The molecule has 0 unspecified atom stereocenters. The first-order valence-corrected chi connectivity index (χ1v) is 7.93. The number of rotatable bonds is 6. The summed E-state index contributed by atoms with van der Waals surface area (Å²) < 4.78 is 40.4. The number of esters is 1. The van der Waals surface area contributed by atoms with Crippen LogP contribution < -0.4 is 5.32 Å². The minimum atomic E-state index is -4.49. The van der Waals surface area contributed by atoms with Gasteiger partial charge in [-0.15, -0.1) is 11.8 Å². The van der Waals surface area contributed by atoms with E-state index in [1.54, 1.807) is 5.32 Å². The second kappa shape index (κ2) is 8.05. The third-order valence-electron chi connectivity index (χ3n) is 2.93. The van der Waals surface area contributed by atoms with Crippen LogP contribution in [0.15, 0.2) is 47.4 Å². The number of carbonyl (C=O) groups is 2. The first-order chi connectivity index (χ1) is 11.3. The molecule has 0 saturated carbocycles. The maximum Gasteiger partial charge on any atom is 0.405 e. The van der Waals surface area contributed by atoms with Gasteiger partial charge in [0.2, 0.25) is 0 Å². The molecule has 1 amide bonds. The van der Waals surface area contributed by atoms with Crippen molar-refractivity contribution in [1.29, 1.82) is 0 Å². The van der Waals surface area contributed by atoms with Crippen molar-refractivity contribution in [3.8, 4) is 0 Å². The van der Waals surface area contributed by atoms with Crippen molar-refractivity contribution in [3.63, 3.8) is 0 Å². The Balaban J connectivity index is 1.75. The van der Waals surface area contributed by atoms with Crippen molar-refractivity contribution in [3.05, 3.63) is 42.5 Å². The van der Waals surface area contributed by atoms with E-state index < -0.39 is 31.2 Å². The van der Waals surface area contributed by atoms with Crippen molar-refractivity contribution in [2.75, 3.05) is 18.9 Å². The molecule has 0 fully saturated rings. The van der Waals surface area contributed by atoms with Gasteiger partial charge in [0.15, 0.2) is 6.61 Å². The van der Waals surface area contributed by atoms with Gasteiger partial charge >= 0.3 is 12.1 Å². The first-order valence-electron chi connectivity index (χ1n) is 6.94. The molecule has 0 bridgehead atoms. The van der Waals surface area contributed by atoms with Gasteiger partial charge in [0, 0.05) is 4.90 Å². The van der Waals surface area contributed by atoms with E-state index in [0.717, 1.165) is 15.7 Å². The number of fused-ring (bicyclic) bond motifs is 1. The smallest absolute Gasteiger partial charge is 0.405 e. The normalized spacial score (nSPS) is 11.3. The second-order valence-electron chi connectivity index (χ2n) is 4.85. The van der Waals surface area contributed by atoms with E-state index in [1.165, 1.54) is 11.8 Å². The maximum absolute atomic E-state index is 11.9. The number of benzene rings is 2. The zero-order valence-corrected chi connectivity index (χ0v) is 13.2. The lowest BCUT2D eigenvalue weighted by atomic mass is 10.1. The maximum atomic E-state index is 11.9. The van der Waals surface area contributed by atoms with Gasteiger partial charge in [-0.25, -0.2) is 0 Å². The molecule has 2 aromatic carbocycles. The third-order valence-corrected chi connectivity index (χ3v) is 3.90. The average molecular weight is 357 g/mol. The minimum absolute atomic E-state index is 0.0368. The summed E-state index contributed by atoms with van der Waals surface area (Å²) in [5.74, 6) is -1.70. The Hall–Kier alpha value is -2.22. The van der Waals surface area contributed by atoms with Gasteiger partial charge in [-0.1, -0.05) is 30.3 Å². The SMILES string of the molecule is O=C(COC(=O)CSc1ccc2ccccc2c1)NCC(F)(F)F. The van der Waals surface area contributed by atoms with Crippen LogP contribution in [0.5, 0.6) is 0 Å². The largest absolute Gasteiger partial charge is 0.455 e. The number of thioether (sulfide) groups is 1. The van der Waals surface area contributed by atoms with Gasteiger partial charge in [-0.2, -0.15) is 13.2 Å². The molecule has 0 atom stereocenters. The molecule has 128 valence electrons. The molecule has 0 aliphatic heterocycles. The van der Waals surface area contributed by atoms with Crippen LogP contribution in [0.25, 0.3) is 10.8 Å². The van der Waals surface area contributed by atoms with Gasteiger partial charge < -0.3 is 10.1 Å². The molecule has 0 radical (unpaired) electrons. The van der Waals surface area contributed by atoms with Gasteiger partial charge in [-0.05, 0) is 22.9 Å². The van der Waals surface area contributed by atoms with Crippen LogP contribution >= 0.6 is 11.8 Å². The summed E-state index contributed by atoms with van der Waals surface area (Å²) in [5, 5.41) is 3.73. The summed E-state index contributed by atoms with van der Waals surface area (Å²) >= 11 is 1.23. The Labute approximate surface area is 140 Å². The molecule has 2 rings (SSSR count). The van der Waals surface area contributed by atoms with Crippen LogP contribution in [0, 0.1) is 0 Å². The number of carbonyl (C=O) groups excluding carboxylic acids is 2. The highest BCUT2D eigenvalue weighted by Crippen LogP contribution is 2.23. The van der Waals surface area contributed by atoms with Crippen LogP contribution in [0.3, 0.4) is 0 Å². The average Bonchev–Trinajstić information content (AvgIpc) is 2.55. The fourth-order valence-corrected chi connectivity index (χ4v) is 2.58. The van der Waals surface area contributed by atoms with Crippen LogP contribution in [0.2, 0.25) is 0 Å². The topological polar surface area (TPSA) is 55.4 Å². The lowest BCUT2D eigenvalue weighted by Crippen LogP contribution is -2.36. The van der Waals surface area contributed by atoms with Crippen molar-refractivity contribution < 1.29 is 27.5 Å². The zero-order chi connectivity index (χ0) is 17.6. The second-order valence-corrected chi connectivity index (χ2v) is 5.90. The Morgan fingerprint density at radius 2 is 1.79 bits per heavy atom. The third kappa shape index (κ3) is 6.11. The molecule has 24 heavy (non-hydrogen) atoms. The van der Waals surface area contributed by atoms with E-state index in [4.69, 9.17) is 0 Å². The number of hydrogen-bond donors (Lipinski definition) is 1. The van der Waals surface area contributed by atoms with E-state index in [2.05, 4.69) is 4.74 Å². The predicted octanol–water partition coefficient (Wildman–Crippen LogP) is 3.15. The summed E-state index contributed by atoms with van der Waals surface area (Å²) in [6.45, 7) is -2.18. The fourth-order valence-electron chi connectivity index (χ4n) is 1.84. The monoisotopic (exact) mass is 357 g/mol. The highest BCUT2D eigenvalue weighted by atomic mass is 32.2. The first kappa shape index (κ1) is 18.1. The predicted molar refractivity (Wildman–Crippen MR) is 84.7 cm³/mol. The van der Waals surface area contributed by atoms with E-state index in [0.29, 0.717) is 0 Å². The zero-order valence-electron chi connectivity index (χ0n) is 12.4. The summed E-state index contributed by atoms with van der Waals surface area (Å²) in [7, 11) is 0. The number of amides is 1. The molecule has 0 saturated heterocycles. The molecule has 0 aliphatic carbocycles. The molecular weight excluding hydrogens is 343 g/mol. The van der Waals surface area contributed by atoms with E-state index >= 15 is 0 Å². The Morgan fingerprint density at radius 1 is 1.08 bits per heavy atom. The molecular formula is C16H14F3NO3S. The van der Waals surface area contributed by atoms with Crippen LogP contribution in [-0.2, 0) is 14.3 Å². The van der Waals surface area contributed by atoms with E-state index in [1.807, 2.05) is 42.5 Å². The number of halogens is 3. The highest BCUT2D eigenvalue weighted by Gasteiger charge is 2.27. The Bertz CT molecular complexity index is 734. The van der Waals surface area contributed by atoms with Gasteiger partial charge in [-0.3, -0.25) is 9.59 Å². The molecule has 0 spiro atoms. The number of ether oxygens (including phenoxy) is 1. The van der Waals surface area contributed by atoms with Crippen molar-refractivity contribution in [2.24, 2.45) is 0 Å². The standard InChI is InChI=1S/C16H14F3NO3S/c17-16(18,19)10-20-14(21)8-23-15(22)9-24-13-6-5-11-3-1-2-4-12(11)7-13/h1-7H,8-10H2,(H,20,21). The van der Waals surface area contributed by atoms with Crippen molar-refractivity contribution in [1.82, 2.24) is 5.32 Å². The number of hydrogen-bond acceptors (Lipinski definition) is 4. The number of alkyl halides is 3. The van der Waals surface area contributed by atoms with Crippen LogP contribution in [-0.4, -0.2) is 37.0 Å². The lowest BCUT2D eigenvalue weighted by Gasteiger charge is -2.09. The van der Waals surface area contributed by atoms with Crippen molar-refractivity contribution in [2.45, 2.75) is 11.1 Å². The number of nitrogens with one attached hydrogen (secondary N) is 1. The lowest BCUT2D eigenvalue weighted by molar-refractivity contribution is -0.149. The summed E-state index contributed by atoms with van der Waals surface area (Å²) in [5.41, 5.74) is 0. The Morgan fingerprint density at radius 3 is 2.50 bits per heavy atom. The summed E-state index contributed by atoms with van der Waals surface area (Å²) in [4.78, 5) is 23.5. The van der Waals surface area contributed by atoms with E-state index in [9.17, 15) is 22.8 Å². The molecule has 0 aliphatic rings. The van der Waals surface area contributed by atoms with Gasteiger partial charge in [0.1, 0.15) is 6.54 Å². The summed E-state index contributed by atoms with van der Waals surface area (Å²) in [6.07, 6.45) is -4.49. The minimum Gasteiger partial charge on any atom is -0.455 e.